The van der Waals surface area contributed by atoms with Crippen molar-refractivity contribution in [1.29, 1.82) is 0 Å². The van der Waals surface area contributed by atoms with E-state index in [1.807, 2.05) is 30.3 Å². The van der Waals surface area contributed by atoms with Crippen molar-refractivity contribution < 1.29 is 28.6 Å². The fourth-order valence-electron chi connectivity index (χ4n) is 10.0. The predicted octanol–water partition coefficient (Wildman–Crippen LogP) is 18.4. The van der Waals surface area contributed by atoms with Gasteiger partial charge in [-0.3, -0.25) is 5.32 Å². The number of nitrogens with one attached hydrogen (secondary N) is 2. The third kappa shape index (κ3) is 11.0. The van der Waals surface area contributed by atoms with E-state index < -0.39 is 23.6 Å². The maximum absolute atomic E-state index is 14.3. The second-order valence-corrected chi connectivity index (χ2v) is 24.3. The van der Waals surface area contributed by atoms with Gasteiger partial charge in [0.1, 0.15) is 19.8 Å². The van der Waals surface area contributed by atoms with Gasteiger partial charge in [0, 0.05) is 105 Å². The Morgan fingerprint density at radius 3 is 1.43 bits per heavy atom. The summed E-state index contributed by atoms with van der Waals surface area (Å²) in [7, 11) is 0. The zero-order valence-electron chi connectivity index (χ0n) is 42.6. The van der Waals surface area contributed by atoms with E-state index in [2.05, 4.69) is 187 Å². The van der Waals surface area contributed by atoms with E-state index in [9.17, 15) is 14.4 Å². The molecule has 3 heterocycles. The number of amides is 2. The van der Waals surface area contributed by atoms with E-state index in [1.165, 1.54) is 60.5 Å². The first-order valence-electron chi connectivity index (χ1n) is 25.7. The summed E-state index contributed by atoms with van der Waals surface area (Å²) < 4.78 is 24.9. The Morgan fingerprint density at radius 1 is 0.468 bits per heavy atom. The van der Waals surface area contributed by atoms with Crippen LogP contribution in [0, 0.1) is 5.41 Å². The van der Waals surface area contributed by atoms with Crippen LogP contribution in [-0.2, 0) is 19.0 Å². The number of fused-ring (bicyclic) bond motifs is 9. The SMILES string of the molecule is C=CC(=O)OCCNC(=O)OCC(COC(=O)Nc1cccc(-c2cccc3c2sc2ccccc23)c1)(CSc1ccccc1-c1cccc2c1sc1ccccc12)CSc1ccccc1-c1cccc2c1sc1ccccc12. The van der Waals surface area contributed by atoms with Crippen LogP contribution in [0.5, 0.6) is 0 Å². The molecule has 0 unspecified atom stereocenters. The minimum Gasteiger partial charge on any atom is -0.461 e. The van der Waals surface area contributed by atoms with Gasteiger partial charge >= 0.3 is 18.2 Å². The van der Waals surface area contributed by atoms with Crippen molar-refractivity contribution in [2.45, 2.75) is 9.79 Å². The molecule has 0 atom stereocenters. The number of carbonyl (C=O) groups is 3. The number of rotatable bonds is 18. The first-order chi connectivity index (χ1) is 38.8. The van der Waals surface area contributed by atoms with Crippen molar-refractivity contribution in [3.63, 3.8) is 0 Å². The van der Waals surface area contributed by atoms with Crippen molar-refractivity contribution in [1.82, 2.24) is 5.32 Å². The lowest BCUT2D eigenvalue weighted by Crippen LogP contribution is -2.41. The van der Waals surface area contributed by atoms with Gasteiger partial charge in [0.15, 0.2) is 0 Å². The lowest BCUT2D eigenvalue weighted by atomic mass is 9.95. The van der Waals surface area contributed by atoms with Crippen molar-refractivity contribution >= 4 is 142 Å². The van der Waals surface area contributed by atoms with Gasteiger partial charge < -0.3 is 19.5 Å². The summed E-state index contributed by atoms with van der Waals surface area (Å²) in [5.74, 6) is 0.186. The van der Waals surface area contributed by atoms with Crippen LogP contribution >= 0.6 is 57.5 Å². The lowest BCUT2D eigenvalue weighted by molar-refractivity contribution is -0.137. The number of carbonyl (C=O) groups excluding carboxylic acids is 3. The number of ether oxygens (including phenoxy) is 3. The van der Waals surface area contributed by atoms with Crippen LogP contribution in [0.2, 0.25) is 0 Å². The Balaban J connectivity index is 0.886. The number of hydrogen-bond acceptors (Lipinski definition) is 11. The van der Waals surface area contributed by atoms with Crippen LogP contribution in [-0.4, -0.2) is 56.0 Å². The molecule has 12 aromatic rings. The molecule has 79 heavy (non-hydrogen) atoms. The van der Waals surface area contributed by atoms with E-state index in [0.29, 0.717) is 17.2 Å². The first-order valence-corrected chi connectivity index (χ1v) is 30.1. The molecule has 8 nitrogen and oxygen atoms in total. The summed E-state index contributed by atoms with van der Waals surface area (Å²) >= 11 is 8.61. The van der Waals surface area contributed by atoms with E-state index in [-0.39, 0.29) is 26.4 Å². The fourth-order valence-corrected chi connectivity index (χ4v) is 16.3. The summed E-state index contributed by atoms with van der Waals surface area (Å²) in [6.45, 7) is 3.20. The van der Waals surface area contributed by atoms with Gasteiger partial charge in [0.25, 0.3) is 0 Å². The minimum atomic E-state index is -0.981. The molecule has 3 aromatic heterocycles. The quantitative estimate of drug-likeness (QED) is 0.0288. The number of alkyl carbamates (subject to hydrolysis) is 1. The summed E-state index contributed by atoms with van der Waals surface area (Å²) in [5, 5.41) is 13.0. The third-order valence-corrected chi connectivity index (χ3v) is 20.4. The number of benzene rings is 9. The van der Waals surface area contributed by atoms with Gasteiger partial charge in [0.05, 0.1) is 12.0 Å². The van der Waals surface area contributed by atoms with Gasteiger partial charge in [-0.1, -0.05) is 164 Å². The molecule has 0 aliphatic heterocycles. The number of anilines is 1. The maximum atomic E-state index is 14.3. The van der Waals surface area contributed by atoms with Crippen molar-refractivity contribution in [2.75, 3.05) is 43.2 Å². The Kier molecular flexibility index (Phi) is 15.2. The average molecular weight is 1130 g/mol. The Hall–Kier alpha value is -7.91. The van der Waals surface area contributed by atoms with Crippen LogP contribution in [0.15, 0.2) is 223 Å². The highest BCUT2D eigenvalue weighted by Crippen LogP contribution is 2.47. The molecule has 0 aliphatic rings. The zero-order valence-corrected chi connectivity index (χ0v) is 46.7. The highest BCUT2D eigenvalue weighted by molar-refractivity contribution is 8.00. The largest absolute Gasteiger partial charge is 0.461 e. The predicted molar refractivity (Wildman–Crippen MR) is 334 cm³/mol. The topological polar surface area (TPSA) is 103 Å². The van der Waals surface area contributed by atoms with Gasteiger partial charge in [0.2, 0.25) is 0 Å². The second-order valence-electron chi connectivity index (χ2n) is 19.1. The summed E-state index contributed by atoms with van der Waals surface area (Å²) in [6.07, 6.45) is -0.263. The Bertz CT molecular complexity index is 4110. The van der Waals surface area contributed by atoms with Crippen molar-refractivity contribution in [2.24, 2.45) is 5.41 Å². The minimum absolute atomic E-state index is 0.0254. The van der Waals surface area contributed by atoms with E-state index >= 15 is 0 Å². The maximum Gasteiger partial charge on any atom is 0.411 e. The second kappa shape index (κ2) is 23.2. The van der Waals surface area contributed by atoms with Crippen molar-refractivity contribution in [3.8, 4) is 33.4 Å². The summed E-state index contributed by atoms with van der Waals surface area (Å²) in [6, 6.07) is 69.4. The van der Waals surface area contributed by atoms with E-state index in [1.54, 1.807) is 57.5 Å². The molecule has 0 aliphatic carbocycles. The molecular weight excluding hydrogens is 1080 g/mol. The number of thioether (sulfide) groups is 2. The van der Waals surface area contributed by atoms with Crippen LogP contribution in [0.1, 0.15) is 0 Å². The molecule has 0 radical (unpaired) electrons. The molecule has 0 bridgehead atoms. The van der Waals surface area contributed by atoms with Crippen LogP contribution in [0.25, 0.3) is 93.9 Å². The van der Waals surface area contributed by atoms with Crippen LogP contribution in [0.3, 0.4) is 0 Å². The normalized spacial score (nSPS) is 11.6. The molecule has 13 heteroatoms. The fraction of sp³-hybridized carbons (Fsp3) is 0.106. The van der Waals surface area contributed by atoms with Gasteiger partial charge in [-0.15, -0.1) is 57.5 Å². The Labute approximate surface area is 477 Å². The number of thiophene rings is 3. The first kappa shape index (κ1) is 51.8. The van der Waals surface area contributed by atoms with E-state index in [4.69, 9.17) is 14.2 Å². The standard InChI is InChI=1S/C66H50N2O6S5/c1-2-60(69)72-36-35-67-64(70)73-38-66(40-75-55-30-8-3-19-45(55)50-26-15-28-53-48-22-6-11-33-58(48)78-62(50)53,41-76-56-31-9-4-20-46(56)51-27-16-29-54-49-23-7-12-34-59(49)79-63(51)54)39-74-65(71)68-43-18-13-17-42(37-43)44-24-14-25-52-47-21-5-10-32-57(47)77-61(44)52/h2-34,37H,1,35-36,38-41H2,(H,67,70)(H,68,71). The molecule has 0 saturated heterocycles. The highest BCUT2D eigenvalue weighted by atomic mass is 32.2. The molecule has 12 rings (SSSR count). The number of esters is 1. The van der Waals surface area contributed by atoms with Gasteiger partial charge in [-0.25, -0.2) is 14.4 Å². The molecule has 0 saturated carbocycles. The summed E-state index contributed by atoms with van der Waals surface area (Å²) in [4.78, 5) is 41.9. The molecule has 0 spiro atoms. The average Bonchev–Trinajstić information content (AvgIpc) is 4.26. The lowest BCUT2D eigenvalue weighted by Gasteiger charge is -2.33. The van der Waals surface area contributed by atoms with Gasteiger partial charge in [-0.2, -0.15) is 0 Å². The van der Waals surface area contributed by atoms with Crippen molar-refractivity contribution in [3.05, 3.63) is 213 Å². The van der Waals surface area contributed by atoms with Crippen LogP contribution < -0.4 is 10.6 Å². The molecule has 2 N–H and O–H groups in total. The van der Waals surface area contributed by atoms with E-state index in [0.717, 1.165) is 49.2 Å². The Morgan fingerprint density at radius 2 is 0.899 bits per heavy atom. The number of hydrogen-bond donors (Lipinski definition) is 2. The zero-order chi connectivity index (χ0) is 53.7. The molecule has 9 aromatic carbocycles. The van der Waals surface area contributed by atoms with Crippen LogP contribution in [0.4, 0.5) is 15.3 Å². The van der Waals surface area contributed by atoms with Gasteiger partial charge in [-0.05, 0) is 64.7 Å². The summed E-state index contributed by atoms with van der Waals surface area (Å²) in [5.41, 5.74) is 6.04. The monoisotopic (exact) mass is 1130 g/mol. The smallest absolute Gasteiger partial charge is 0.411 e. The molecule has 390 valence electrons. The molecule has 0 fully saturated rings. The molecule has 2 amide bonds. The third-order valence-electron chi connectivity index (χ3n) is 13.9. The highest BCUT2D eigenvalue weighted by Gasteiger charge is 2.36. The molecular formula is C66H50N2O6S5.